The van der Waals surface area contributed by atoms with E-state index in [2.05, 4.69) is 4.90 Å². The number of hydrogen-bond donors (Lipinski definition) is 1. The smallest absolute Gasteiger partial charge is 0.259 e. The lowest BCUT2D eigenvalue weighted by Crippen LogP contribution is -2.46. The minimum atomic E-state index is -0.707. The molecule has 0 saturated carbocycles. The Morgan fingerprint density at radius 1 is 1.12 bits per heavy atom. The number of amides is 2. The van der Waals surface area contributed by atoms with Crippen molar-refractivity contribution in [3.05, 3.63) is 57.3 Å². The lowest BCUT2D eigenvalue weighted by molar-refractivity contribution is -0.138. The highest BCUT2D eigenvalue weighted by Crippen LogP contribution is 2.44. The van der Waals surface area contributed by atoms with Crippen molar-refractivity contribution in [2.24, 2.45) is 0 Å². The summed E-state index contributed by atoms with van der Waals surface area (Å²) < 4.78 is 26.2. The summed E-state index contributed by atoms with van der Waals surface area (Å²) in [5, 5.41) is 11.0. The van der Waals surface area contributed by atoms with Crippen LogP contribution in [0.3, 0.4) is 0 Å². The summed E-state index contributed by atoms with van der Waals surface area (Å²) in [6.07, 6.45) is 0.249. The SMILES string of the molecule is O=C1COCC(=O)N1c1ccc(O[C@H]2c3cc(Cl)cc(Cl)c3C[C@@H]2N2CCC(O)C2)c(F)c1. The highest BCUT2D eigenvalue weighted by atomic mass is 35.5. The number of rotatable bonds is 4. The Balaban J connectivity index is 1.46. The van der Waals surface area contributed by atoms with Crippen molar-refractivity contribution in [1.29, 1.82) is 0 Å². The Morgan fingerprint density at radius 2 is 1.88 bits per heavy atom. The third-order valence-corrected chi connectivity index (χ3v) is 6.86. The van der Waals surface area contributed by atoms with E-state index in [0.29, 0.717) is 36.0 Å². The van der Waals surface area contributed by atoms with Gasteiger partial charge in [-0.15, -0.1) is 0 Å². The second kappa shape index (κ2) is 8.85. The van der Waals surface area contributed by atoms with Crippen molar-refractivity contribution in [1.82, 2.24) is 4.90 Å². The van der Waals surface area contributed by atoms with Crippen LogP contribution in [0.1, 0.15) is 23.7 Å². The predicted octanol–water partition coefficient (Wildman–Crippen LogP) is 3.13. The van der Waals surface area contributed by atoms with Gasteiger partial charge >= 0.3 is 0 Å². The van der Waals surface area contributed by atoms with E-state index < -0.39 is 29.8 Å². The number of ether oxygens (including phenoxy) is 2. The van der Waals surface area contributed by atoms with E-state index in [9.17, 15) is 14.7 Å². The van der Waals surface area contributed by atoms with E-state index >= 15 is 4.39 Å². The van der Waals surface area contributed by atoms with Gasteiger partial charge in [0.05, 0.1) is 17.8 Å². The van der Waals surface area contributed by atoms with Crippen molar-refractivity contribution >= 4 is 40.7 Å². The fraction of sp³-hybridized carbons (Fsp3) is 0.391. The minimum absolute atomic E-state index is 0.0226. The maximum Gasteiger partial charge on any atom is 0.259 e. The van der Waals surface area contributed by atoms with E-state index in [0.717, 1.165) is 22.1 Å². The van der Waals surface area contributed by atoms with Crippen LogP contribution >= 0.6 is 23.2 Å². The van der Waals surface area contributed by atoms with Gasteiger partial charge in [-0.2, -0.15) is 0 Å². The Morgan fingerprint density at radius 3 is 2.55 bits per heavy atom. The topological polar surface area (TPSA) is 79.3 Å². The maximum absolute atomic E-state index is 15.1. The van der Waals surface area contributed by atoms with Gasteiger partial charge in [0.1, 0.15) is 19.3 Å². The number of likely N-dealkylation sites (tertiary alicyclic amines) is 1. The number of aliphatic hydroxyl groups excluding tert-OH is 1. The van der Waals surface area contributed by atoms with Crippen LogP contribution in [0.15, 0.2) is 30.3 Å². The molecule has 0 spiro atoms. The summed E-state index contributed by atoms with van der Waals surface area (Å²) in [7, 11) is 0. The normalized spacial score (nSPS) is 25.6. The number of halogens is 3. The lowest BCUT2D eigenvalue weighted by atomic mass is 10.1. The van der Waals surface area contributed by atoms with Gasteiger partial charge in [0, 0.05) is 34.8 Å². The van der Waals surface area contributed by atoms with Crippen LogP contribution in [0.4, 0.5) is 10.1 Å². The first-order valence-electron chi connectivity index (χ1n) is 10.6. The van der Waals surface area contributed by atoms with Crippen LogP contribution in [-0.4, -0.2) is 60.3 Å². The number of morpholine rings is 1. The summed E-state index contributed by atoms with van der Waals surface area (Å²) in [5.41, 5.74) is 1.79. The van der Waals surface area contributed by atoms with Gasteiger partial charge in [0.2, 0.25) is 0 Å². The summed E-state index contributed by atoms with van der Waals surface area (Å²) in [6, 6.07) is 7.26. The molecule has 1 unspecified atom stereocenters. The van der Waals surface area contributed by atoms with Gasteiger partial charge in [-0.1, -0.05) is 23.2 Å². The largest absolute Gasteiger partial charge is 0.481 e. The van der Waals surface area contributed by atoms with Crippen molar-refractivity contribution in [2.45, 2.75) is 31.1 Å². The predicted molar refractivity (Wildman–Crippen MR) is 119 cm³/mol. The van der Waals surface area contributed by atoms with Gasteiger partial charge in [-0.3, -0.25) is 14.5 Å². The number of anilines is 1. The molecule has 2 aromatic carbocycles. The average molecular weight is 495 g/mol. The second-order valence-corrected chi connectivity index (χ2v) is 9.28. The van der Waals surface area contributed by atoms with Gasteiger partial charge in [-0.25, -0.2) is 9.29 Å². The molecule has 0 aromatic heterocycles. The Labute approximate surface area is 199 Å². The van der Waals surface area contributed by atoms with Gasteiger partial charge in [0.25, 0.3) is 11.8 Å². The van der Waals surface area contributed by atoms with Gasteiger partial charge in [0.15, 0.2) is 11.6 Å². The third kappa shape index (κ3) is 4.22. The zero-order valence-electron chi connectivity index (χ0n) is 17.5. The molecule has 2 fully saturated rings. The Kier molecular flexibility index (Phi) is 6.05. The average Bonchev–Trinajstić information content (AvgIpc) is 3.33. The van der Waals surface area contributed by atoms with Crippen LogP contribution in [0, 0.1) is 5.82 Å². The summed E-state index contributed by atoms with van der Waals surface area (Å²) in [6.45, 7) is 0.699. The molecule has 2 heterocycles. The molecule has 0 radical (unpaired) electrons. The van der Waals surface area contributed by atoms with E-state index in [1.165, 1.54) is 12.1 Å². The van der Waals surface area contributed by atoms with E-state index in [1.807, 2.05) is 0 Å². The van der Waals surface area contributed by atoms with Crippen LogP contribution in [0.25, 0.3) is 0 Å². The van der Waals surface area contributed by atoms with Crippen LogP contribution in [0.2, 0.25) is 10.0 Å². The zero-order chi connectivity index (χ0) is 23.3. The van der Waals surface area contributed by atoms with Crippen molar-refractivity contribution < 1.29 is 28.6 Å². The van der Waals surface area contributed by atoms with Crippen LogP contribution in [-0.2, 0) is 20.7 Å². The zero-order valence-corrected chi connectivity index (χ0v) is 19.0. The number of carbonyl (C=O) groups is 2. The molecule has 1 aliphatic carbocycles. The number of nitrogens with zero attached hydrogens (tertiary/aromatic N) is 2. The minimum Gasteiger partial charge on any atom is -0.481 e. The Hall–Kier alpha value is -2.23. The standard InChI is InChI=1S/C23H21Cl2FN2O5/c24-12-5-16-15(17(25)6-12)8-19(27-4-3-14(29)9-27)23(16)33-20-2-1-13(7-18(20)26)28-21(30)10-32-11-22(28)31/h1-2,5-7,14,19,23,29H,3-4,8-11H2/t14?,19-,23-/m0/s1. The third-order valence-electron chi connectivity index (χ3n) is 6.31. The molecular formula is C23H21Cl2FN2O5. The number of fused-ring (bicyclic) bond motifs is 1. The van der Waals surface area contributed by atoms with Gasteiger partial charge < -0.3 is 14.6 Å². The molecule has 3 aliphatic rings. The molecule has 3 atom stereocenters. The maximum atomic E-state index is 15.1. The molecule has 7 nitrogen and oxygen atoms in total. The number of aliphatic hydroxyl groups is 1. The fourth-order valence-corrected chi connectivity index (χ4v) is 5.38. The molecule has 10 heteroatoms. The number of imide groups is 1. The fourth-order valence-electron chi connectivity index (χ4n) is 4.79. The van der Waals surface area contributed by atoms with Crippen LogP contribution < -0.4 is 9.64 Å². The first-order valence-corrected chi connectivity index (χ1v) is 11.4. The molecule has 2 aliphatic heterocycles. The molecule has 1 N–H and O–H groups in total. The molecule has 2 amide bonds. The molecule has 2 aromatic rings. The number of carbonyl (C=O) groups excluding carboxylic acids is 2. The quantitative estimate of drug-likeness (QED) is 0.657. The van der Waals surface area contributed by atoms with Crippen molar-refractivity contribution in [2.75, 3.05) is 31.2 Å². The van der Waals surface area contributed by atoms with Crippen LogP contribution in [0.5, 0.6) is 5.75 Å². The molecule has 5 rings (SSSR count). The number of hydrogen-bond acceptors (Lipinski definition) is 6. The Bertz CT molecular complexity index is 1110. The first-order chi connectivity index (χ1) is 15.8. The summed E-state index contributed by atoms with van der Waals surface area (Å²) in [5.74, 6) is -1.84. The van der Waals surface area contributed by atoms with Crippen molar-refractivity contribution in [3.63, 3.8) is 0 Å². The monoisotopic (exact) mass is 494 g/mol. The second-order valence-electron chi connectivity index (χ2n) is 8.43. The van der Waals surface area contributed by atoms with E-state index in [-0.39, 0.29) is 30.7 Å². The number of β-amino-alcohol motifs (C(OH)–C–C–N with tert-alkyl or cyclic N) is 1. The molecular weight excluding hydrogens is 474 g/mol. The first kappa shape index (κ1) is 22.6. The van der Waals surface area contributed by atoms with Gasteiger partial charge in [-0.05, 0) is 42.7 Å². The summed E-state index contributed by atoms with van der Waals surface area (Å²) >= 11 is 12.7. The van der Waals surface area contributed by atoms with E-state index in [1.54, 1.807) is 12.1 Å². The van der Waals surface area contributed by atoms with Crippen molar-refractivity contribution in [3.8, 4) is 5.75 Å². The summed E-state index contributed by atoms with van der Waals surface area (Å²) in [4.78, 5) is 27.2. The lowest BCUT2D eigenvalue weighted by Gasteiger charge is -2.30. The highest BCUT2D eigenvalue weighted by molar-refractivity contribution is 6.35. The molecule has 33 heavy (non-hydrogen) atoms. The highest BCUT2D eigenvalue weighted by Gasteiger charge is 2.42. The molecule has 174 valence electrons. The number of benzene rings is 2. The molecule has 2 saturated heterocycles. The van der Waals surface area contributed by atoms with E-state index in [4.69, 9.17) is 32.7 Å². The molecule has 0 bridgehead atoms.